The van der Waals surface area contributed by atoms with Gasteiger partial charge in [-0.2, -0.15) is 0 Å². The Bertz CT molecular complexity index is 396. The van der Waals surface area contributed by atoms with Crippen molar-refractivity contribution >= 4 is 17.5 Å². The van der Waals surface area contributed by atoms with Gasteiger partial charge >= 0.3 is 0 Å². The number of halogens is 1. The first kappa shape index (κ1) is 13.0. The van der Waals surface area contributed by atoms with Crippen molar-refractivity contribution in [3.63, 3.8) is 0 Å². The van der Waals surface area contributed by atoms with Crippen LogP contribution in [0.5, 0.6) is 0 Å². The van der Waals surface area contributed by atoms with Gasteiger partial charge in [0, 0.05) is 22.7 Å². The summed E-state index contributed by atoms with van der Waals surface area (Å²) < 4.78 is 0. The average molecular weight is 241 g/mol. The molecule has 0 aromatic heterocycles. The van der Waals surface area contributed by atoms with Gasteiger partial charge in [-0.05, 0) is 44.5 Å². The number of benzene rings is 1. The molecule has 0 atom stereocenters. The summed E-state index contributed by atoms with van der Waals surface area (Å²) in [6.07, 6.45) is 0. The Morgan fingerprint density at radius 1 is 1.50 bits per heavy atom. The summed E-state index contributed by atoms with van der Waals surface area (Å²) in [5.74, 6) is -0.118. The fourth-order valence-corrected chi connectivity index (χ4v) is 1.51. The minimum atomic E-state index is -0.407. The normalized spacial score (nSPS) is 11.3. The molecule has 0 aliphatic rings. The highest BCUT2D eigenvalue weighted by molar-refractivity contribution is 6.30. The highest BCUT2D eigenvalue weighted by Gasteiger charge is 2.14. The first-order valence-corrected chi connectivity index (χ1v) is 5.50. The number of hydrogen-bond donors (Lipinski definition) is 2. The molecule has 3 N–H and O–H groups in total. The van der Waals surface area contributed by atoms with Crippen LogP contribution < -0.4 is 11.1 Å². The van der Waals surface area contributed by atoms with Crippen LogP contribution in [-0.2, 0) is 0 Å². The standard InChI is InChI=1S/C12H17ClN2O/c1-8-6-9(13)4-5-10(8)11(16)15-7-12(2,3)14/h4-6H,7,14H2,1-3H3,(H,15,16). The van der Waals surface area contributed by atoms with Gasteiger partial charge in [-0.15, -0.1) is 0 Å². The second-order valence-electron chi connectivity index (χ2n) is 4.63. The quantitative estimate of drug-likeness (QED) is 0.850. The van der Waals surface area contributed by atoms with E-state index in [9.17, 15) is 4.79 Å². The van der Waals surface area contributed by atoms with Crippen molar-refractivity contribution < 1.29 is 4.79 Å². The molecule has 3 nitrogen and oxygen atoms in total. The van der Waals surface area contributed by atoms with Crippen LogP contribution in [0.15, 0.2) is 18.2 Å². The molecular formula is C12H17ClN2O. The van der Waals surface area contributed by atoms with E-state index >= 15 is 0 Å². The Morgan fingerprint density at radius 2 is 2.12 bits per heavy atom. The largest absolute Gasteiger partial charge is 0.350 e. The third kappa shape index (κ3) is 3.83. The fraction of sp³-hybridized carbons (Fsp3) is 0.417. The predicted octanol–water partition coefficient (Wildman–Crippen LogP) is 2.12. The summed E-state index contributed by atoms with van der Waals surface area (Å²) in [7, 11) is 0. The number of carbonyl (C=O) groups excluding carboxylic acids is 1. The van der Waals surface area contributed by atoms with Crippen molar-refractivity contribution in [3.8, 4) is 0 Å². The number of hydrogen-bond acceptors (Lipinski definition) is 2. The van der Waals surface area contributed by atoms with Gasteiger partial charge in [-0.3, -0.25) is 4.79 Å². The van der Waals surface area contributed by atoms with Gasteiger partial charge < -0.3 is 11.1 Å². The van der Waals surface area contributed by atoms with E-state index in [2.05, 4.69) is 5.32 Å². The minimum absolute atomic E-state index is 0.118. The summed E-state index contributed by atoms with van der Waals surface area (Å²) in [4.78, 5) is 11.8. The summed E-state index contributed by atoms with van der Waals surface area (Å²) in [6.45, 7) is 6.02. The molecule has 0 unspecified atom stereocenters. The first-order valence-electron chi connectivity index (χ1n) is 5.13. The maximum Gasteiger partial charge on any atom is 0.251 e. The molecule has 4 heteroatoms. The molecule has 0 aliphatic carbocycles. The fourth-order valence-electron chi connectivity index (χ4n) is 1.29. The molecule has 1 amide bonds. The SMILES string of the molecule is Cc1cc(Cl)ccc1C(=O)NCC(C)(C)N. The summed E-state index contributed by atoms with van der Waals surface area (Å²) in [5.41, 5.74) is 6.88. The average Bonchev–Trinajstić information content (AvgIpc) is 2.13. The lowest BCUT2D eigenvalue weighted by molar-refractivity contribution is 0.0945. The molecule has 0 heterocycles. The van der Waals surface area contributed by atoms with Gasteiger partial charge in [0.05, 0.1) is 0 Å². The topological polar surface area (TPSA) is 55.1 Å². The monoisotopic (exact) mass is 240 g/mol. The van der Waals surface area contributed by atoms with Crippen LogP contribution in [0, 0.1) is 6.92 Å². The molecule has 0 saturated heterocycles. The molecule has 0 spiro atoms. The zero-order valence-corrected chi connectivity index (χ0v) is 10.6. The number of nitrogens with one attached hydrogen (secondary N) is 1. The molecule has 1 aromatic rings. The van der Waals surface area contributed by atoms with E-state index in [1.54, 1.807) is 18.2 Å². The molecule has 0 fully saturated rings. The Labute approximate surface area is 101 Å². The van der Waals surface area contributed by atoms with Crippen LogP contribution in [0.25, 0.3) is 0 Å². The van der Waals surface area contributed by atoms with E-state index in [4.69, 9.17) is 17.3 Å². The molecule has 1 aromatic carbocycles. The van der Waals surface area contributed by atoms with Crippen LogP contribution >= 0.6 is 11.6 Å². The Balaban J connectivity index is 2.74. The smallest absolute Gasteiger partial charge is 0.251 e. The number of rotatable bonds is 3. The van der Waals surface area contributed by atoms with Gasteiger partial charge in [0.1, 0.15) is 0 Å². The van der Waals surface area contributed by atoms with E-state index in [0.29, 0.717) is 17.1 Å². The van der Waals surface area contributed by atoms with E-state index < -0.39 is 5.54 Å². The predicted molar refractivity (Wildman–Crippen MR) is 66.8 cm³/mol. The molecule has 1 rings (SSSR count). The van der Waals surface area contributed by atoms with E-state index in [1.165, 1.54) is 0 Å². The lowest BCUT2D eigenvalue weighted by Crippen LogP contribution is -2.45. The van der Waals surface area contributed by atoms with Crippen molar-refractivity contribution in [2.24, 2.45) is 5.73 Å². The maximum absolute atomic E-state index is 11.8. The lowest BCUT2D eigenvalue weighted by Gasteiger charge is -2.19. The zero-order chi connectivity index (χ0) is 12.3. The maximum atomic E-state index is 11.8. The molecule has 0 saturated carbocycles. The number of nitrogens with two attached hydrogens (primary N) is 1. The van der Waals surface area contributed by atoms with Gasteiger partial charge in [-0.25, -0.2) is 0 Å². The van der Waals surface area contributed by atoms with E-state index in [1.807, 2.05) is 20.8 Å². The third-order valence-corrected chi connectivity index (χ3v) is 2.37. The van der Waals surface area contributed by atoms with Gasteiger partial charge in [0.25, 0.3) is 5.91 Å². The van der Waals surface area contributed by atoms with Gasteiger partial charge in [0.2, 0.25) is 0 Å². The number of amides is 1. The first-order chi connectivity index (χ1) is 7.29. The van der Waals surface area contributed by atoms with Crippen LogP contribution in [-0.4, -0.2) is 18.0 Å². The van der Waals surface area contributed by atoms with Gasteiger partial charge in [0.15, 0.2) is 0 Å². The van der Waals surface area contributed by atoms with Crippen molar-refractivity contribution in [2.75, 3.05) is 6.54 Å². The van der Waals surface area contributed by atoms with Crippen molar-refractivity contribution in [1.29, 1.82) is 0 Å². The minimum Gasteiger partial charge on any atom is -0.350 e. The Hall–Kier alpha value is -1.06. The van der Waals surface area contributed by atoms with Crippen LogP contribution in [0.3, 0.4) is 0 Å². The van der Waals surface area contributed by atoms with E-state index in [-0.39, 0.29) is 5.91 Å². The second kappa shape index (κ2) is 4.85. The number of carbonyl (C=O) groups is 1. The van der Waals surface area contributed by atoms with Crippen molar-refractivity contribution in [3.05, 3.63) is 34.3 Å². The van der Waals surface area contributed by atoms with Gasteiger partial charge in [-0.1, -0.05) is 11.6 Å². The molecule has 0 aliphatic heterocycles. The zero-order valence-electron chi connectivity index (χ0n) is 9.80. The van der Waals surface area contributed by atoms with Crippen LogP contribution in [0.1, 0.15) is 29.8 Å². The highest BCUT2D eigenvalue weighted by Crippen LogP contribution is 2.15. The van der Waals surface area contributed by atoms with E-state index in [0.717, 1.165) is 5.56 Å². The van der Waals surface area contributed by atoms with Crippen LogP contribution in [0.4, 0.5) is 0 Å². The molecule has 0 radical (unpaired) electrons. The Kier molecular flexibility index (Phi) is 3.94. The molecule has 0 bridgehead atoms. The molecular weight excluding hydrogens is 224 g/mol. The summed E-state index contributed by atoms with van der Waals surface area (Å²) in [6, 6.07) is 5.19. The highest BCUT2D eigenvalue weighted by atomic mass is 35.5. The van der Waals surface area contributed by atoms with Crippen molar-refractivity contribution in [2.45, 2.75) is 26.3 Å². The van der Waals surface area contributed by atoms with Crippen molar-refractivity contribution in [1.82, 2.24) is 5.32 Å². The summed E-state index contributed by atoms with van der Waals surface area (Å²) >= 11 is 5.82. The third-order valence-electron chi connectivity index (χ3n) is 2.14. The lowest BCUT2D eigenvalue weighted by atomic mass is 10.1. The summed E-state index contributed by atoms with van der Waals surface area (Å²) in [5, 5.41) is 3.42. The number of aryl methyl sites for hydroxylation is 1. The second-order valence-corrected chi connectivity index (χ2v) is 5.07. The van der Waals surface area contributed by atoms with Crippen LogP contribution in [0.2, 0.25) is 5.02 Å². The molecule has 16 heavy (non-hydrogen) atoms. The molecule has 88 valence electrons. The Morgan fingerprint density at radius 3 is 2.62 bits per heavy atom.